The highest BCUT2D eigenvalue weighted by Gasteiger charge is 2.15. The predicted octanol–water partition coefficient (Wildman–Crippen LogP) is 10.9. The van der Waals surface area contributed by atoms with Gasteiger partial charge in [-0.05, 0) is 64.5 Å². The highest BCUT2D eigenvalue weighted by atomic mass is 16.5. The number of likely N-dealkylation sites (tertiary alicyclic amines) is 1. The van der Waals surface area contributed by atoms with Crippen LogP contribution in [-0.2, 0) is 23.7 Å². The smallest absolute Gasteiger partial charge is 0.307 e. The van der Waals surface area contributed by atoms with Crippen molar-refractivity contribution in [1.82, 2.24) is 9.80 Å². The highest BCUT2D eigenvalue weighted by Crippen LogP contribution is 2.12. The van der Waals surface area contributed by atoms with E-state index in [4.69, 9.17) is 18.9 Å². The third kappa shape index (κ3) is 32.7. The summed E-state index contributed by atoms with van der Waals surface area (Å²) in [7, 11) is 0. The zero-order valence-corrected chi connectivity index (χ0v) is 33.5. The van der Waals surface area contributed by atoms with Crippen molar-refractivity contribution in [2.75, 3.05) is 78.9 Å². The molecule has 1 heterocycles. The molecular weight excluding hydrogens is 624 g/mol. The molecule has 50 heavy (non-hydrogen) atoms. The van der Waals surface area contributed by atoms with E-state index in [1.807, 2.05) is 0 Å². The Morgan fingerprint density at radius 3 is 1.42 bits per heavy atom. The fourth-order valence-corrected chi connectivity index (χ4v) is 6.55. The van der Waals surface area contributed by atoms with E-state index in [2.05, 4.69) is 30.2 Å². The van der Waals surface area contributed by atoms with Gasteiger partial charge in [0.15, 0.2) is 0 Å². The first kappa shape index (κ1) is 46.9. The number of unbranched alkanes of at least 4 members (excludes halogenated alkanes) is 18. The zero-order chi connectivity index (χ0) is 36.0. The summed E-state index contributed by atoms with van der Waals surface area (Å²) in [5, 5.41) is 0. The number of hydrogen-bond acceptors (Lipinski definition) is 7. The van der Waals surface area contributed by atoms with E-state index in [-0.39, 0.29) is 5.97 Å². The Morgan fingerprint density at radius 2 is 0.920 bits per heavy atom. The maximum atomic E-state index is 12.5. The van der Waals surface area contributed by atoms with Gasteiger partial charge < -0.3 is 28.7 Å². The number of nitrogens with zero attached hydrogens (tertiary/aromatic N) is 2. The number of carbonyl (C=O) groups is 1. The van der Waals surface area contributed by atoms with Gasteiger partial charge in [-0.3, -0.25) is 4.79 Å². The second-order valence-electron chi connectivity index (χ2n) is 14.8. The highest BCUT2D eigenvalue weighted by molar-refractivity contribution is 5.69. The Morgan fingerprint density at radius 1 is 0.520 bits per heavy atom. The first-order valence-electron chi connectivity index (χ1n) is 21.7. The van der Waals surface area contributed by atoms with Crippen LogP contribution in [0.5, 0.6) is 0 Å². The topological polar surface area (TPSA) is 60.5 Å². The molecule has 1 aliphatic rings. The molecule has 0 unspecified atom stereocenters. The van der Waals surface area contributed by atoms with Gasteiger partial charge in [0, 0.05) is 59.0 Å². The fraction of sp³-hybridized carbons (Fsp3) is 0.930. The number of carbonyl (C=O) groups excluding carboxylic acids is 1. The van der Waals surface area contributed by atoms with Crippen LogP contribution in [0, 0.1) is 0 Å². The summed E-state index contributed by atoms with van der Waals surface area (Å²) in [6.07, 6.45) is 31.8. The molecule has 0 aliphatic carbocycles. The van der Waals surface area contributed by atoms with Crippen LogP contribution in [0.4, 0.5) is 0 Å². The van der Waals surface area contributed by atoms with Gasteiger partial charge in [-0.15, -0.1) is 0 Å². The molecule has 7 nitrogen and oxygen atoms in total. The van der Waals surface area contributed by atoms with E-state index in [1.165, 1.54) is 135 Å². The summed E-state index contributed by atoms with van der Waals surface area (Å²) in [6.45, 7) is 19.2. The molecule has 1 saturated heterocycles. The van der Waals surface area contributed by atoms with Crippen LogP contribution in [0.25, 0.3) is 0 Å². The van der Waals surface area contributed by atoms with Crippen LogP contribution in [0.15, 0.2) is 12.3 Å². The minimum Gasteiger partial charge on any atom is -0.499 e. The molecule has 0 amide bonds. The lowest BCUT2D eigenvalue weighted by Crippen LogP contribution is -2.36. The van der Waals surface area contributed by atoms with Gasteiger partial charge in [0.25, 0.3) is 0 Å². The number of esters is 1. The average Bonchev–Trinajstić information content (AvgIpc) is 3.65. The average molecular weight is 709 g/mol. The van der Waals surface area contributed by atoms with Crippen LogP contribution in [0.3, 0.4) is 0 Å². The number of rotatable bonds is 40. The second kappa shape index (κ2) is 37.6. The summed E-state index contributed by atoms with van der Waals surface area (Å²) in [5.41, 5.74) is 0. The van der Waals surface area contributed by atoms with E-state index in [9.17, 15) is 4.79 Å². The van der Waals surface area contributed by atoms with Crippen LogP contribution in [0.1, 0.15) is 181 Å². The van der Waals surface area contributed by atoms with E-state index < -0.39 is 0 Å². The van der Waals surface area contributed by atoms with Crippen molar-refractivity contribution in [2.45, 2.75) is 181 Å². The maximum absolute atomic E-state index is 12.5. The molecule has 0 atom stereocenters. The molecule has 0 bridgehead atoms. The lowest BCUT2D eigenvalue weighted by atomic mass is 10.1. The van der Waals surface area contributed by atoms with Crippen LogP contribution < -0.4 is 0 Å². The minimum atomic E-state index is -0.0955. The largest absolute Gasteiger partial charge is 0.499 e. The maximum Gasteiger partial charge on any atom is 0.307 e. The first-order chi connectivity index (χ1) is 24.7. The Balaban J connectivity index is 2.04. The molecule has 7 heteroatoms. The molecule has 0 N–H and O–H groups in total. The Hall–Kier alpha value is -1.15. The van der Waals surface area contributed by atoms with Crippen molar-refractivity contribution >= 4 is 5.97 Å². The van der Waals surface area contributed by atoms with Gasteiger partial charge in [-0.25, -0.2) is 0 Å². The van der Waals surface area contributed by atoms with Gasteiger partial charge in [0.05, 0.1) is 25.4 Å². The molecule has 0 aromatic heterocycles. The fourth-order valence-electron chi connectivity index (χ4n) is 6.55. The van der Waals surface area contributed by atoms with Gasteiger partial charge in [-0.1, -0.05) is 123 Å². The van der Waals surface area contributed by atoms with Crippen molar-refractivity contribution in [3.05, 3.63) is 12.3 Å². The quantitative estimate of drug-likeness (QED) is 0.0357. The van der Waals surface area contributed by atoms with E-state index in [1.54, 1.807) is 0 Å². The number of hydrogen-bond donors (Lipinski definition) is 0. The van der Waals surface area contributed by atoms with E-state index in [0.29, 0.717) is 19.6 Å². The molecule has 296 valence electrons. The molecular formula is C43H84N2O5. The lowest BCUT2D eigenvalue weighted by molar-refractivity contribution is -0.144. The summed E-state index contributed by atoms with van der Waals surface area (Å²) in [6, 6.07) is 0. The molecule has 1 fully saturated rings. The van der Waals surface area contributed by atoms with Crippen molar-refractivity contribution in [2.24, 2.45) is 0 Å². The predicted molar refractivity (Wildman–Crippen MR) is 212 cm³/mol. The normalized spacial score (nSPS) is 13.4. The molecule has 0 saturated carbocycles. The first-order valence-corrected chi connectivity index (χ1v) is 21.7. The minimum absolute atomic E-state index is 0.0955. The van der Waals surface area contributed by atoms with Crippen LogP contribution in [-0.4, -0.2) is 94.7 Å². The molecule has 1 rings (SSSR count). The summed E-state index contributed by atoms with van der Waals surface area (Å²) in [5.74, 6) is 0.747. The zero-order valence-electron chi connectivity index (χ0n) is 33.5. The molecule has 0 aromatic carbocycles. The third-order valence-electron chi connectivity index (χ3n) is 9.99. The standard InChI is InChI=1S/C43H84N2O5/c1-4-6-8-10-12-14-16-18-22-36-47-38-24-26-40-49-42(3)28-32-45(35-34-44-30-20-21-31-44)33-29-43(46)50-41-27-25-39-48-37-23-19-17-15-13-11-9-7-5-2/h3-41H2,1-2H3. The molecule has 0 aromatic rings. The molecule has 0 spiro atoms. The van der Waals surface area contributed by atoms with Crippen molar-refractivity contribution < 1.29 is 23.7 Å². The Kier molecular flexibility index (Phi) is 35.2. The van der Waals surface area contributed by atoms with Gasteiger partial charge in [0.2, 0.25) is 0 Å². The van der Waals surface area contributed by atoms with Gasteiger partial charge in [-0.2, -0.15) is 0 Å². The van der Waals surface area contributed by atoms with Crippen molar-refractivity contribution in [3.63, 3.8) is 0 Å². The number of ether oxygens (including phenoxy) is 4. The van der Waals surface area contributed by atoms with Crippen LogP contribution >= 0.6 is 0 Å². The van der Waals surface area contributed by atoms with E-state index in [0.717, 1.165) is 96.9 Å². The lowest BCUT2D eigenvalue weighted by Gasteiger charge is -2.25. The van der Waals surface area contributed by atoms with Gasteiger partial charge in [0.1, 0.15) is 0 Å². The summed E-state index contributed by atoms with van der Waals surface area (Å²) in [4.78, 5) is 17.4. The SMILES string of the molecule is C=C(CCN(CCC(=O)OCCCCOCCCCCCCCCCC)CCN1CCCC1)OCCCCOCCCCCCCCCCC. The Labute approximate surface area is 311 Å². The summed E-state index contributed by atoms with van der Waals surface area (Å²) >= 11 is 0. The summed E-state index contributed by atoms with van der Waals surface area (Å²) < 4.78 is 23.1. The second-order valence-corrected chi connectivity index (χ2v) is 14.8. The van der Waals surface area contributed by atoms with Gasteiger partial charge >= 0.3 is 5.97 Å². The monoisotopic (exact) mass is 709 g/mol. The van der Waals surface area contributed by atoms with Crippen LogP contribution in [0.2, 0.25) is 0 Å². The molecule has 1 aliphatic heterocycles. The Bertz CT molecular complexity index is 680. The van der Waals surface area contributed by atoms with Crippen molar-refractivity contribution in [3.8, 4) is 0 Å². The van der Waals surface area contributed by atoms with Crippen molar-refractivity contribution in [1.29, 1.82) is 0 Å². The third-order valence-corrected chi connectivity index (χ3v) is 9.99. The van der Waals surface area contributed by atoms with E-state index >= 15 is 0 Å². The molecule has 0 radical (unpaired) electrons.